The number of nitriles is 1. The predicted octanol–water partition coefficient (Wildman–Crippen LogP) is 5.27. The van der Waals surface area contributed by atoms with E-state index >= 15 is 0 Å². The smallest absolute Gasteiger partial charge is 0.417 e. The van der Waals surface area contributed by atoms with Crippen LogP contribution >= 0.6 is 0 Å². The summed E-state index contributed by atoms with van der Waals surface area (Å²) in [4.78, 5) is 27.6. The molecular formula is C26H18F6N2O4. The SMILES string of the molecule is CC12C=CC(CCOc3ccc(C(F)(F)F)cc3)(O1)[C@@H]1C(=O)N(c3ccc(C#N)c(C(F)(F)F)c3)C(=O)C12. The number of halogens is 6. The van der Waals surface area contributed by atoms with Crippen LogP contribution < -0.4 is 9.64 Å². The molecule has 5 rings (SSSR count). The van der Waals surface area contributed by atoms with Crippen LogP contribution in [0.3, 0.4) is 0 Å². The number of nitrogens with zero attached hydrogens (tertiary/aromatic N) is 2. The van der Waals surface area contributed by atoms with E-state index in [1.54, 1.807) is 19.1 Å². The van der Waals surface area contributed by atoms with Crippen molar-refractivity contribution in [2.24, 2.45) is 11.8 Å². The second-order valence-corrected chi connectivity index (χ2v) is 9.50. The molecule has 3 unspecified atom stereocenters. The third-order valence-corrected chi connectivity index (χ3v) is 7.19. The van der Waals surface area contributed by atoms with E-state index in [4.69, 9.17) is 14.7 Å². The van der Waals surface area contributed by atoms with Crippen molar-refractivity contribution in [3.63, 3.8) is 0 Å². The van der Waals surface area contributed by atoms with Crippen LogP contribution in [0.5, 0.6) is 5.75 Å². The number of fused-ring (bicyclic) bond motifs is 5. The normalized spacial score (nSPS) is 28.1. The number of alkyl halides is 6. The first kappa shape index (κ1) is 25.8. The van der Waals surface area contributed by atoms with Gasteiger partial charge in [0.05, 0.1) is 52.5 Å². The Balaban J connectivity index is 1.39. The fourth-order valence-electron chi connectivity index (χ4n) is 5.47. The molecule has 2 bridgehead atoms. The lowest BCUT2D eigenvalue weighted by Crippen LogP contribution is -2.42. The Kier molecular flexibility index (Phi) is 5.65. The van der Waals surface area contributed by atoms with Crippen LogP contribution in [-0.4, -0.2) is 29.6 Å². The van der Waals surface area contributed by atoms with Crippen LogP contribution in [-0.2, 0) is 26.7 Å². The number of carbonyl (C=O) groups is 2. The van der Waals surface area contributed by atoms with Crippen LogP contribution in [0.2, 0.25) is 0 Å². The van der Waals surface area contributed by atoms with Crippen molar-refractivity contribution in [2.75, 3.05) is 11.5 Å². The Bertz CT molecular complexity index is 1390. The topological polar surface area (TPSA) is 79.6 Å². The summed E-state index contributed by atoms with van der Waals surface area (Å²) in [5, 5.41) is 9.05. The average Bonchev–Trinajstić information content (AvgIpc) is 3.42. The minimum absolute atomic E-state index is 0.0509. The molecule has 0 aromatic heterocycles. The molecular weight excluding hydrogens is 518 g/mol. The first-order chi connectivity index (χ1) is 17.7. The number of carbonyl (C=O) groups excluding carboxylic acids is 2. The van der Waals surface area contributed by atoms with Crippen LogP contribution in [0, 0.1) is 23.2 Å². The molecule has 3 heterocycles. The molecule has 198 valence electrons. The van der Waals surface area contributed by atoms with Crippen molar-refractivity contribution in [2.45, 2.75) is 36.9 Å². The van der Waals surface area contributed by atoms with Gasteiger partial charge < -0.3 is 9.47 Å². The Labute approximate surface area is 212 Å². The van der Waals surface area contributed by atoms with E-state index in [0.717, 1.165) is 36.4 Å². The molecule has 4 atom stereocenters. The van der Waals surface area contributed by atoms with Gasteiger partial charge in [-0.2, -0.15) is 31.6 Å². The van der Waals surface area contributed by atoms with E-state index in [0.29, 0.717) is 11.0 Å². The summed E-state index contributed by atoms with van der Waals surface area (Å²) < 4.78 is 90.5. The molecule has 2 amide bonds. The van der Waals surface area contributed by atoms with Crippen molar-refractivity contribution in [1.82, 2.24) is 0 Å². The molecule has 2 saturated heterocycles. The fourth-order valence-corrected chi connectivity index (χ4v) is 5.47. The highest BCUT2D eigenvalue weighted by atomic mass is 19.4. The zero-order valence-corrected chi connectivity index (χ0v) is 19.6. The van der Waals surface area contributed by atoms with Gasteiger partial charge in [-0.1, -0.05) is 12.2 Å². The second-order valence-electron chi connectivity index (χ2n) is 9.50. The zero-order chi connectivity index (χ0) is 27.7. The summed E-state index contributed by atoms with van der Waals surface area (Å²) >= 11 is 0. The van der Waals surface area contributed by atoms with Gasteiger partial charge in [-0.05, 0) is 49.4 Å². The summed E-state index contributed by atoms with van der Waals surface area (Å²) in [5.74, 6) is -3.38. The summed E-state index contributed by atoms with van der Waals surface area (Å²) in [5.41, 5.74) is -5.55. The van der Waals surface area contributed by atoms with E-state index < -0.39 is 63.9 Å². The fraction of sp³-hybridized carbons (Fsp3) is 0.346. The lowest BCUT2D eigenvalue weighted by atomic mass is 9.71. The minimum Gasteiger partial charge on any atom is -0.493 e. The molecule has 2 fully saturated rings. The molecule has 2 aromatic rings. The van der Waals surface area contributed by atoms with Crippen molar-refractivity contribution < 1.29 is 45.4 Å². The Morgan fingerprint density at radius 3 is 2.24 bits per heavy atom. The molecule has 12 heteroatoms. The maximum atomic E-state index is 13.5. The number of imide groups is 1. The Morgan fingerprint density at radius 1 is 0.974 bits per heavy atom. The van der Waals surface area contributed by atoms with E-state index in [2.05, 4.69) is 0 Å². The molecule has 2 aromatic carbocycles. The van der Waals surface area contributed by atoms with E-state index in [9.17, 15) is 35.9 Å². The molecule has 3 aliphatic heterocycles. The molecule has 3 aliphatic rings. The number of benzene rings is 2. The number of amides is 2. The molecule has 0 aliphatic carbocycles. The van der Waals surface area contributed by atoms with Gasteiger partial charge in [0, 0.05) is 6.42 Å². The van der Waals surface area contributed by atoms with Gasteiger partial charge in [0.1, 0.15) is 11.4 Å². The Morgan fingerprint density at radius 2 is 1.63 bits per heavy atom. The van der Waals surface area contributed by atoms with E-state index in [1.165, 1.54) is 6.07 Å². The first-order valence-corrected chi connectivity index (χ1v) is 11.4. The van der Waals surface area contributed by atoms with Crippen molar-refractivity contribution in [1.29, 1.82) is 5.26 Å². The lowest BCUT2D eigenvalue weighted by Gasteiger charge is -2.29. The highest BCUT2D eigenvalue weighted by Gasteiger charge is 2.72. The predicted molar refractivity (Wildman–Crippen MR) is 119 cm³/mol. The van der Waals surface area contributed by atoms with Crippen LogP contribution in [0.25, 0.3) is 0 Å². The standard InChI is InChI=1S/C26H18F6N2O4/c1-23-8-9-24(38-23,10-11-37-17-6-3-15(4-7-17)25(27,28)29)20-19(23)21(35)34(22(20)36)16-5-2-14(13-33)18(12-16)26(30,31)32/h2-9,12,19-20H,10-11H2,1H3/t19?,20-,23?,24?/m0/s1. The van der Waals surface area contributed by atoms with Gasteiger partial charge in [0.2, 0.25) is 11.8 Å². The molecule has 0 radical (unpaired) electrons. The van der Waals surface area contributed by atoms with Crippen LogP contribution in [0.1, 0.15) is 30.0 Å². The van der Waals surface area contributed by atoms with Gasteiger partial charge in [-0.3, -0.25) is 9.59 Å². The summed E-state index contributed by atoms with van der Waals surface area (Å²) in [6.07, 6.45) is -6.08. The molecule has 6 nitrogen and oxygen atoms in total. The van der Waals surface area contributed by atoms with Gasteiger partial charge in [0.25, 0.3) is 0 Å². The maximum absolute atomic E-state index is 13.5. The molecule has 0 N–H and O–H groups in total. The third-order valence-electron chi connectivity index (χ3n) is 7.19. The van der Waals surface area contributed by atoms with Crippen molar-refractivity contribution >= 4 is 17.5 Å². The van der Waals surface area contributed by atoms with Crippen molar-refractivity contribution in [3.8, 4) is 11.8 Å². The van der Waals surface area contributed by atoms with Gasteiger partial charge in [-0.25, -0.2) is 4.90 Å². The number of ether oxygens (including phenoxy) is 2. The number of rotatable bonds is 5. The Hall–Kier alpha value is -3.85. The highest BCUT2D eigenvalue weighted by Crippen LogP contribution is 2.59. The number of hydrogen-bond donors (Lipinski definition) is 0. The third kappa shape index (κ3) is 3.93. The average molecular weight is 536 g/mol. The first-order valence-electron chi connectivity index (χ1n) is 11.4. The van der Waals surface area contributed by atoms with Crippen LogP contribution in [0.15, 0.2) is 54.6 Å². The number of anilines is 1. The largest absolute Gasteiger partial charge is 0.493 e. The quantitative estimate of drug-likeness (QED) is 0.296. The second kappa shape index (κ2) is 8.33. The highest BCUT2D eigenvalue weighted by molar-refractivity contribution is 6.23. The van der Waals surface area contributed by atoms with Crippen molar-refractivity contribution in [3.05, 3.63) is 71.3 Å². The summed E-state index contributed by atoms with van der Waals surface area (Å²) in [6.45, 7) is 1.52. The maximum Gasteiger partial charge on any atom is 0.417 e. The van der Waals surface area contributed by atoms with E-state index in [1.807, 2.05) is 0 Å². The minimum atomic E-state index is -4.88. The van der Waals surface area contributed by atoms with E-state index in [-0.39, 0.29) is 24.5 Å². The summed E-state index contributed by atoms with van der Waals surface area (Å²) in [6, 6.07) is 8.13. The molecule has 0 spiro atoms. The van der Waals surface area contributed by atoms with Gasteiger partial charge >= 0.3 is 12.4 Å². The van der Waals surface area contributed by atoms with Gasteiger partial charge in [0.15, 0.2) is 0 Å². The molecule has 38 heavy (non-hydrogen) atoms. The monoisotopic (exact) mass is 536 g/mol. The molecule has 0 saturated carbocycles. The number of hydrogen-bond acceptors (Lipinski definition) is 5. The zero-order valence-electron chi connectivity index (χ0n) is 19.6. The lowest BCUT2D eigenvalue weighted by molar-refractivity contribution is -0.138. The van der Waals surface area contributed by atoms with Crippen LogP contribution in [0.4, 0.5) is 32.0 Å². The van der Waals surface area contributed by atoms with Gasteiger partial charge in [-0.15, -0.1) is 0 Å². The summed E-state index contributed by atoms with van der Waals surface area (Å²) in [7, 11) is 0.